The number of amidine groups is 1. The van der Waals surface area contributed by atoms with E-state index in [4.69, 9.17) is 22.1 Å². The highest BCUT2D eigenvalue weighted by atomic mass is 35.5. The Labute approximate surface area is 329 Å². The van der Waals surface area contributed by atoms with E-state index in [1.54, 1.807) is 13.8 Å². The van der Waals surface area contributed by atoms with Gasteiger partial charge in [0.25, 0.3) is 0 Å². The Bertz CT molecular complexity index is 1670. The predicted molar refractivity (Wildman–Crippen MR) is 217 cm³/mol. The molecule has 54 heavy (non-hydrogen) atoms. The summed E-state index contributed by atoms with van der Waals surface area (Å²) in [5.41, 5.74) is 9.22. The van der Waals surface area contributed by atoms with Crippen LogP contribution in [0.25, 0.3) is 0 Å². The lowest BCUT2D eigenvalue weighted by Crippen LogP contribution is -2.60. The van der Waals surface area contributed by atoms with Crippen LogP contribution >= 0.6 is 11.6 Å². The van der Waals surface area contributed by atoms with Crippen LogP contribution < -0.4 is 5.73 Å². The summed E-state index contributed by atoms with van der Waals surface area (Å²) in [5, 5.41) is 9.10. The Morgan fingerprint density at radius 2 is 1.72 bits per heavy atom. The third-order valence-electron chi connectivity index (χ3n) is 15.3. The summed E-state index contributed by atoms with van der Waals surface area (Å²) in [6.07, 6.45) is 11.1. The zero-order valence-electron chi connectivity index (χ0n) is 34.0. The first-order chi connectivity index (χ1) is 25.5. The van der Waals surface area contributed by atoms with Gasteiger partial charge in [0.15, 0.2) is 11.6 Å². The number of Topliss-reactive ketones (excluding diaryl/α,β-unsaturated/α-hetero) is 1. The van der Waals surface area contributed by atoms with Gasteiger partial charge in [-0.3, -0.25) is 9.59 Å². The molecule has 9 atom stereocenters. The molecular weight excluding hydrogens is 696 g/mol. The van der Waals surface area contributed by atoms with Gasteiger partial charge in [-0.25, -0.2) is 0 Å². The molecule has 4 saturated carbocycles. The fourth-order valence-corrected chi connectivity index (χ4v) is 13.0. The number of benzene rings is 1. The van der Waals surface area contributed by atoms with Crippen molar-refractivity contribution in [2.75, 3.05) is 19.6 Å². The number of nitrogens with zero attached hydrogens (tertiary/aromatic N) is 3. The van der Waals surface area contributed by atoms with Gasteiger partial charge >= 0.3 is 5.97 Å². The summed E-state index contributed by atoms with van der Waals surface area (Å²) in [7, 11) is 0. The highest BCUT2D eigenvalue weighted by Crippen LogP contribution is 2.72. The summed E-state index contributed by atoms with van der Waals surface area (Å²) in [5.74, 6) is 3.36. The lowest BCUT2D eigenvalue weighted by Gasteiger charge is -2.67. The van der Waals surface area contributed by atoms with Crippen molar-refractivity contribution in [3.63, 3.8) is 0 Å². The number of carbonyl (C=O) groups excluding carboxylic acids is 3. The molecule has 0 bridgehead atoms. The number of carbonyl (C=O) groups is 3. The quantitative estimate of drug-likeness (QED) is 0.0748. The number of rotatable bonds is 12. The summed E-state index contributed by atoms with van der Waals surface area (Å²) in [4.78, 5) is 40.8. The van der Waals surface area contributed by atoms with E-state index in [9.17, 15) is 14.4 Å². The molecule has 296 valence electrons. The summed E-state index contributed by atoms with van der Waals surface area (Å²) < 4.78 is 6.13. The van der Waals surface area contributed by atoms with Crippen molar-refractivity contribution in [3.05, 3.63) is 46.0 Å². The van der Waals surface area contributed by atoms with Crippen molar-refractivity contribution in [1.29, 1.82) is 0 Å². The van der Waals surface area contributed by atoms with Gasteiger partial charge in [-0.05, 0) is 134 Å². The highest BCUT2D eigenvalue weighted by Gasteiger charge is 2.65. The molecule has 5 aliphatic rings. The van der Waals surface area contributed by atoms with Gasteiger partial charge in [0.2, 0.25) is 0 Å². The van der Waals surface area contributed by atoms with Crippen LogP contribution in [0.3, 0.4) is 0 Å². The molecule has 9 heteroatoms. The molecule has 2 N–H and O–H groups in total. The molecule has 0 aromatic heterocycles. The Morgan fingerprint density at radius 3 is 2.37 bits per heavy atom. The minimum Gasteiger partial charge on any atom is -0.462 e. The summed E-state index contributed by atoms with van der Waals surface area (Å²) in [6, 6.07) is 7.66. The van der Waals surface area contributed by atoms with Gasteiger partial charge in [-0.2, -0.15) is 5.10 Å². The van der Waals surface area contributed by atoms with Gasteiger partial charge in [-0.1, -0.05) is 65.6 Å². The SMILES string of the molecule is C=N/N=C(/c1ccc(Cl)cc1)N(CCN)CCC12CCC3C(CCC4C3(C)CCC3C(C)C(OC(=O)CC(C)(C)C=O)CCC34C)C1=C(C(C)C)C(=O)C2. The van der Waals surface area contributed by atoms with E-state index in [0.29, 0.717) is 54.0 Å². The molecular formula is C45H65ClN4O4. The molecule has 5 aliphatic carbocycles. The van der Waals surface area contributed by atoms with Crippen molar-refractivity contribution in [3.8, 4) is 0 Å². The number of halogens is 1. The van der Waals surface area contributed by atoms with Crippen molar-refractivity contribution >= 4 is 42.2 Å². The minimum absolute atomic E-state index is 0.0939. The van der Waals surface area contributed by atoms with Crippen molar-refractivity contribution in [2.45, 2.75) is 125 Å². The van der Waals surface area contributed by atoms with Crippen LogP contribution in [0, 0.1) is 57.2 Å². The molecule has 8 nitrogen and oxygen atoms in total. The van der Waals surface area contributed by atoms with Crippen LogP contribution in [-0.4, -0.2) is 61.2 Å². The molecule has 0 saturated heterocycles. The number of aldehydes is 1. The predicted octanol–water partition coefficient (Wildman–Crippen LogP) is 9.08. The number of ether oxygens (including phenoxy) is 1. The Kier molecular flexibility index (Phi) is 11.8. The first kappa shape index (κ1) is 40.8. The highest BCUT2D eigenvalue weighted by molar-refractivity contribution is 6.30. The van der Waals surface area contributed by atoms with Crippen LogP contribution in [0.15, 0.2) is 45.6 Å². The molecule has 0 heterocycles. The van der Waals surface area contributed by atoms with Gasteiger partial charge < -0.3 is 20.2 Å². The Hall–Kier alpha value is -2.84. The van der Waals surface area contributed by atoms with E-state index in [1.165, 1.54) is 18.4 Å². The standard InChI is InChI=1S/C45H65ClN4O4/c1-28(2)39-35(52)25-45(21-23-50(24-22-47)41(49-48-8)30-9-11-31(46)12-10-30)20-16-34-32(40(39)45)13-14-37-43(6)19-17-36(54-38(53)26-42(4,5)27-51)29(3)33(43)15-18-44(34,37)7/h9-12,27-29,32-34,36-37H,8,13-26,47H2,1-7H3/b49-41-. The van der Waals surface area contributed by atoms with Crippen LogP contribution in [-0.2, 0) is 19.1 Å². The van der Waals surface area contributed by atoms with E-state index < -0.39 is 5.41 Å². The van der Waals surface area contributed by atoms with E-state index in [0.717, 1.165) is 74.7 Å². The number of hydrogen-bond donors (Lipinski definition) is 1. The maximum absolute atomic E-state index is 14.2. The lowest BCUT2D eigenvalue weighted by atomic mass is 9.38. The molecule has 9 unspecified atom stereocenters. The number of ketones is 1. The second-order valence-electron chi connectivity index (χ2n) is 19.2. The fourth-order valence-electron chi connectivity index (χ4n) is 12.9. The van der Waals surface area contributed by atoms with E-state index in [-0.39, 0.29) is 46.6 Å². The fraction of sp³-hybridized carbons (Fsp3) is 0.711. The topological polar surface area (TPSA) is 114 Å². The summed E-state index contributed by atoms with van der Waals surface area (Å²) >= 11 is 6.24. The number of fused-ring (bicyclic) bond motifs is 7. The van der Waals surface area contributed by atoms with Crippen LogP contribution in [0.4, 0.5) is 0 Å². The van der Waals surface area contributed by atoms with Crippen LogP contribution in [0.2, 0.25) is 5.02 Å². The average Bonchev–Trinajstić information content (AvgIpc) is 3.43. The minimum atomic E-state index is -0.706. The van der Waals surface area contributed by atoms with Crippen LogP contribution in [0.5, 0.6) is 0 Å². The molecule has 0 amide bonds. The normalized spacial score (nSPS) is 35.1. The average molecular weight is 761 g/mol. The molecule has 1 aromatic rings. The smallest absolute Gasteiger partial charge is 0.307 e. The molecule has 0 radical (unpaired) electrons. The molecule has 6 rings (SSSR count). The monoisotopic (exact) mass is 760 g/mol. The lowest BCUT2D eigenvalue weighted by molar-refractivity contribution is -0.191. The largest absolute Gasteiger partial charge is 0.462 e. The van der Waals surface area contributed by atoms with Gasteiger partial charge in [-0.15, -0.1) is 5.10 Å². The van der Waals surface area contributed by atoms with Crippen molar-refractivity contribution in [2.24, 2.45) is 73.1 Å². The van der Waals surface area contributed by atoms with E-state index in [1.807, 2.05) is 24.3 Å². The Balaban J connectivity index is 1.25. The number of allylic oxidation sites excluding steroid dienone is 2. The maximum atomic E-state index is 14.2. The third kappa shape index (κ3) is 7.28. The third-order valence-corrected chi connectivity index (χ3v) is 15.5. The van der Waals surface area contributed by atoms with Gasteiger partial charge in [0, 0.05) is 54.2 Å². The molecule has 1 aromatic carbocycles. The number of nitrogens with two attached hydrogens (primary N) is 1. The Morgan fingerprint density at radius 1 is 1.06 bits per heavy atom. The van der Waals surface area contributed by atoms with Crippen molar-refractivity contribution in [1.82, 2.24) is 4.90 Å². The van der Waals surface area contributed by atoms with Crippen molar-refractivity contribution < 1.29 is 19.1 Å². The molecule has 4 fully saturated rings. The number of esters is 1. The van der Waals surface area contributed by atoms with Crippen LogP contribution in [0.1, 0.15) is 125 Å². The number of hydrogen-bond acceptors (Lipinski definition) is 7. The first-order valence-electron chi connectivity index (χ1n) is 20.7. The summed E-state index contributed by atoms with van der Waals surface area (Å²) in [6.45, 7) is 21.0. The molecule has 0 aliphatic heterocycles. The van der Waals surface area contributed by atoms with E-state index >= 15 is 0 Å². The van der Waals surface area contributed by atoms with Gasteiger partial charge in [0.1, 0.15) is 12.4 Å². The van der Waals surface area contributed by atoms with Gasteiger partial charge in [0.05, 0.1) is 6.42 Å². The second kappa shape index (κ2) is 15.6. The first-order valence-corrected chi connectivity index (χ1v) is 21.1. The maximum Gasteiger partial charge on any atom is 0.307 e. The molecule has 0 spiro atoms. The zero-order valence-corrected chi connectivity index (χ0v) is 34.7. The second-order valence-corrected chi connectivity index (χ2v) is 19.6. The van der Waals surface area contributed by atoms with E-state index in [2.05, 4.69) is 56.4 Å². The zero-order chi connectivity index (χ0) is 39.2.